The number of nitro benzene ring substituents is 1. The van der Waals surface area contributed by atoms with Crippen molar-refractivity contribution < 1.29 is 9.66 Å². The van der Waals surface area contributed by atoms with E-state index in [0.717, 1.165) is 4.90 Å². The van der Waals surface area contributed by atoms with Gasteiger partial charge in [-0.25, -0.2) is 0 Å². The lowest BCUT2D eigenvalue weighted by molar-refractivity contribution is -0.384. The fraction of sp³-hybridized carbons (Fsp3) is 0.200. The predicted octanol–water partition coefficient (Wildman–Crippen LogP) is 4.54. The number of anilines is 1. The zero-order chi connectivity index (χ0) is 15.2. The highest BCUT2D eigenvalue weighted by Gasteiger charge is 2.11. The van der Waals surface area contributed by atoms with Crippen molar-refractivity contribution >= 4 is 23.1 Å². The molecule has 0 fully saturated rings. The molecule has 0 saturated carbocycles. The number of hydrogen-bond acceptors (Lipinski definition) is 5. The lowest BCUT2D eigenvalue weighted by atomic mass is 10.2. The minimum atomic E-state index is -0.426. The summed E-state index contributed by atoms with van der Waals surface area (Å²) in [7, 11) is 0. The van der Waals surface area contributed by atoms with Gasteiger partial charge in [-0.3, -0.25) is 10.1 Å². The SMILES string of the molecule is CCNc1cc(Oc2ccc(SC)cc2)cc([N+](=O)[O-])c1. The van der Waals surface area contributed by atoms with Crippen molar-refractivity contribution in [2.45, 2.75) is 11.8 Å². The van der Waals surface area contributed by atoms with Crippen LogP contribution in [0.5, 0.6) is 11.5 Å². The van der Waals surface area contributed by atoms with E-state index in [1.165, 1.54) is 12.1 Å². The summed E-state index contributed by atoms with van der Waals surface area (Å²) in [5, 5.41) is 14.0. The quantitative estimate of drug-likeness (QED) is 0.482. The van der Waals surface area contributed by atoms with E-state index in [1.807, 2.05) is 37.4 Å². The van der Waals surface area contributed by atoms with Crippen molar-refractivity contribution in [3.8, 4) is 11.5 Å². The second kappa shape index (κ2) is 6.99. The Kier molecular flexibility index (Phi) is 5.05. The van der Waals surface area contributed by atoms with E-state index < -0.39 is 4.92 Å². The molecule has 0 aliphatic carbocycles. The smallest absolute Gasteiger partial charge is 0.275 e. The highest BCUT2D eigenvalue weighted by atomic mass is 32.2. The van der Waals surface area contributed by atoms with E-state index >= 15 is 0 Å². The zero-order valence-electron chi connectivity index (χ0n) is 11.8. The summed E-state index contributed by atoms with van der Waals surface area (Å²) in [5.74, 6) is 1.09. The largest absolute Gasteiger partial charge is 0.457 e. The molecule has 1 N–H and O–H groups in total. The van der Waals surface area contributed by atoms with Gasteiger partial charge in [-0.15, -0.1) is 11.8 Å². The minimum absolute atomic E-state index is 0.00387. The standard InChI is InChI=1S/C15H16N2O3S/c1-3-16-11-8-12(17(18)19)10-14(9-11)20-13-4-6-15(21-2)7-5-13/h4-10,16H,3H2,1-2H3. The Balaban J connectivity index is 2.26. The average molecular weight is 304 g/mol. The van der Waals surface area contributed by atoms with E-state index in [-0.39, 0.29) is 5.69 Å². The number of nitrogens with zero attached hydrogens (tertiary/aromatic N) is 1. The van der Waals surface area contributed by atoms with Crippen LogP contribution in [0.1, 0.15) is 6.92 Å². The van der Waals surface area contributed by atoms with Gasteiger partial charge in [0.2, 0.25) is 0 Å². The second-order valence-electron chi connectivity index (χ2n) is 4.28. The molecule has 0 spiro atoms. The number of nitrogens with one attached hydrogen (secondary N) is 1. The lowest BCUT2D eigenvalue weighted by Crippen LogP contribution is -1.98. The van der Waals surface area contributed by atoms with Gasteiger partial charge in [-0.05, 0) is 37.4 Å². The van der Waals surface area contributed by atoms with Crippen molar-refractivity contribution in [3.63, 3.8) is 0 Å². The third-order valence-electron chi connectivity index (χ3n) is 2.78. The lowest BCUT2D eigenvalue weighted by Gasteiger charge is -2.09. The van der Waals surface area contributed by atoms with E-state index in [0.29, 0.717) is 23.7 Å². The van der Waals surface area contributed by atoms with E-state index in [4.69, 9.17) is 4.74 Å². The summed E-state index contributed by atoms with van der Waals surface area (Å²) in [5.41, 5.74) is 0.673. The Morgan fingerprint density at radius 3 is 2.48 bits per heavy atom. The van der Waals surface area contributed by atoms with Gasteiger partial charge in [-0.2, -0.15) is 0 Å². The Hall–Kier alpha value is -2.21. The van der Waals surface area contributed by atoms with Crippen LogP contribution in [-0.4, -0.2) is 17.7 Å². The Morgan fingerprint density at radius 2 is 1.90 bits per heavy atom. The first-order chi connectivity index (χ1) is 10.1. The molecule has 21 heavy (non-hydrogen) atoms. The molecule has 2 aromatic rings. The van der Waals surface area contributed by atoms with Crippen molar-refractivity contribution in [1.29, 1.82) is 0 Å². The van der Waals surface area contributed by atoms with E-state index in [9.17, 15) is 10.1 Å². The van der Waals surface area contributed by atoms with Gasteiger partial charge >= 0.3 is 0 Å². The van der Waals surface area contributed by atoms with Gasteiger partial charge < -0.3 is 10.1 Å². The van der Waals surface area contributed by atoms with Crippen LogP contribution >= 0.6 is 11.8 Å². The molecule has 0 unspecified atom stereocenters. The molecule has 5 nitrogen and oxygen atoms in total. The number of nitro groups is 1. The first-order valence-electron chi connectivity index (χ1n) is 6.47. The van der Waals surface area contributed by atoms with Crippen molar-refractivity contribution in [3.05, 3.63) is 52.6 Å². The van der Waals surface area contributed by atoms with Crippen molar-refractivity contribution in [2.24, 2.45) is 0 Å². The van der Waals surface area contributed by atoms with Crippen LogP contribution in [-0.2, 0) is 0 Å². The summed E-state index contributed by atoms with van der Waals surface area (Å²) in [6.45, 7) is 2.61. The average Bonchev–Trinajstić information content (AvgIpc) is 2.48. The minimum Gasteiger partial charge on any atom is -0.457 e. The highest BCUT2D eigenvalue weighted by molar-refractivity contribution is 7.98. The third-order valence-corrected chi connectivity index (χ3v) is 3.52. The second-order valence-corrected chi connectivity index (χ2v) is 5.16. The number of ether oxygens (including phenoxy) is 1. The number of rotatable bonds is 6. The molecule has 0 bridgehead atoms. The van der Waals surface area contributed by atoms with Gasteiger partial charge in [0.25, 0.3) is 5.69 Å². The van der Waals surface area contributed by atoms with Crippen LogP contribution in [0.3, 0.4) is 0 Å². The molecule has 0 heterocycles. The van der Waals surface area contributed by atoms with Gasteiger partial charge in [0.05, 0.1) is 11.0 Å². The molecule has 6 heteroatoms. The number of benzene rings is 2. The summed E-state index contributed by atoms with van der Waals surface area (Å²) in [6, 6.07) is 12.2. The zero-order valence-corrected chi connectivity index (χ0v) is 12.6. The molecule has 0 amide bonds. The van der Waals surface area contributed by atoms with Gasteiger partial charge in [-0.1, -0.05) is 0 Å². The number of hydrogen-bond donors (Lipinski definition) is 1. The molecule has 2 aromatic carbocycles. The summed E-state index contributed by atoms with van der Waals surface area (Å²) in [6.07, 6.45) is 2.00. The maximum atomic E-state index is 11.0. The monoisotopic (exact) mass is 304 g/mol. The van der Waals surface area contributed by atoms with Gasteiger partial charge in [0.15, 0.2) is 0 Å². The predicted molar refractivity (Wildman–Crippen MR) is 85.6 cm³/mol. The van der Waals surface area contributed by atoms with Crippen LogP contribution in [0.15, 0.2) is 47.4 Å². The van der Waals surface area contributed by atoms with Crippen molar-refractivity contribution in [2.75, 3.05) is 18.1 Å². The molecule has 0 atom stereocenters. The maximum Gasteiger partial charge on any atom is 0.275 e. The van der Waals surface area contributed by atoms with E-state index in [2.05, 4.69) is 5.32 Å². The van der Waals surface area contributed by atoms with Crippen LogP contribution in [0, 0.1) is 10.1 Å². The molecular formula is C15H16N2O3S. The molecule has 0 radical (unpaired) electrons. The summed E-state index contributed by atoms with van der Waals surface area (Å²) < 4.78 is 5.70. The summed E-state index contributed by atoms with van der Waals surface area (Å²) in [4.78, 5) is 11.7. The third kappa shape index (κ3) is 4.13. The normalized spacial score (nSPS) is 10.2. The number of thioether (sulfide) groups is 1. The highest BCUT2D eigenvalue weighted by Crippen LogP contribution is 2.30. The Labute approximate surface area is 127 Å². The Morgan fingerprint density at radius 1 is 1.19 bits per heavy atom. The molecule has 0 saturated heterocycles. The molecule has 110 valence electrons. The maximum absolute atomic E-state index is 11.0. The molecule has 0 aromatic heterocycles. The van der Waals surface area contributed by atoms with Crippen molar-refractivity contribution in [1.82, 2.24) is 0 Å². The molecule has 2 rings (SSSR count). The van der Waals surface area contributed by atoms with Gasteiger partial charge in [0.1, 0.15) is 11.5 Å². The molecule has 0 aliphatic rings. The number of non-ortho nitro benzene ring substituents is 1. The molecular weight excluding hydrogens is 288 g/mol. The molecule has 0 aliphatic heterocycles. The van der Waals surface area contributed by atoms with Crippen LogP contribution in [0.25, 0.3) is 0 Å². The topological polar surface area (TPSA) is 64.4 Å². The van der Waals surface area contributed by atoms with Crippen LogP contribution in [0.4, 0.5) is 11.4 Å². The van der Waals surface area contributed by atoms with Crippen LogP contribution in [0.2, 0.25) is 0 Å². The first kappa shape index (κ1) is 15.2. The fourth-order valence-electron chi connectivity index (χ4n) is 1.83. The first-order valence-corrected chi connectivity index (χ1v) is 7.70. The van der Waals surface area contributed by atoms with E-state index in [1.54, 1.807) is 17.8 Å². The van der Waals surface area contributed by atoms with Crippen LogP contribution < -0.4 is 10.1 Å². The van der Waals surface area contributed by atoms with Gasteiger partial charge in [0, 0.05) is 29.3 Å². The fourth-order valence-corrected chi connectivity index (χ4v) is 2.24. The summed E-state index contributed by atoms with van der Waals surface area (Å²) >= 11 is 1.64. The Bertz CT molecular complexity index is 629.